The summed E-state index contributed by atoms with van der Waals surface area (Å²) in [6.07, 6.45) is 5.22. The van der Waals surface area contributed by atoms with Crippen LogP contribution < -0.4 is 5.32 Å². The van der Waals surface area contributed by atoms with Crippen molar-refractivity contribution in [1.82, 2.24) is 4.90 Å². The second kappa shape index (κ2) is 5.16. The Labute approximate surface area is 117 Å². The molecule has 1 aromatic carbocycles. The van der Waals surface area contributed by atoms with Crippen molar-refractivity contribution in [3.05, 3.63) is 29.3 Å². The molecule has 0 aromatic heterocycles. The van der Waals surface area contributed by atoms with E-state index in [0.29, 0.717) is 5.41 Å². The lowest BCUT2D eigenvalue weighted by Gasteiger charge is -2.39. The van der Waals surface area contributed by atoms with E-state index in [1.54, 1.807) is 0 Å². The molecule has 2 aliphatic heterocycles. The molecule has 0 spiro atoms. The van der Waals surface area contributed by atoms with Gasteiger partial charge in [-0.2, -0.15) is 0 Å². The number of fused-ring (bicyclic) bond motifs is 1. The third-order valence-electron chi connectivity index (χ3n) is 5.21. The largest absolute Gasteiger partial charge is 0.384 e. The minimum Gasteiger partial charge on any atom is -0.384 e. The van der Waals surface area contributed by atoms with Crippen molar-refractivity contribution in [2.45, 2.75) is 46.1 Å². The van der Waals surface area contributed by atoms with Crippen LogP contribution >= 0.6 is 0 Å². The molecule has 19 heavy (non-hydrogen) atoms. The van der Waals surface area contributed by atoms with Gasteiger partial charge < -0.3 is 5.32 Å². The fourth-order valence-corrected chi connectivity index (χ4v) is 3.30. The summed E-state index contributed by atoms with van der Waals surface area (Å²) >= 11 is 0. The summed E-state index contributed by atoms with van der Waals surface area (Å²) in [5, 5.41) is 3.48. The Kier molecular flexibility index (Phi) is 3.53. The Morgan fingerprint density at radius 3 is 2.79 bits per heavy atom. The molecule has 2 heteroatoms. The maximum absolute atomic E-state index is 3.48. The predicted molar refractivity (Wildman–Crippen MR) is 81.5 cm³/mol. The highest BCUT2D eigenvalue weighted by atomic mass is 15.1. The molecule has 0 bridgehead atoms. The maximum atomic E-state index is 3.48. The molecule has 2 aliphatic rings. The molecule has 3 rings (SSSR count). The Morgan fingerprint density at radius 1 is 1.26 bits per heavy atom. The molecular formula is C17H26N2. The zero-order valence-electron chi connectivity index (χ0n) is 12.3. The standard InChI is InChI=1S/C17H26N2/c1-3-17(2)7-10-19(11-8-17)13-14-4-5-15-6-9-18-16(15)12-14/h4-5,12,18H,3,6-11,13H2,1-2H3. The number of rotatable bonds is 3. The van der Waals surface area contributed by atoms with Crippen LogP contribution in [0, 0.1) is 5.41 Å². The summed E-state index contributed by atoms with van der Waals surface area (Å²) in [5.74, 6) is 0. The number of hydrogen-bond acceptors (Lipinski definition) is 2. The summed E-state index contributed by atoms with van der Waals surface area (Å²) in [5.41, 5.74) is 4.91. The van der Waals surface area contributed by atoms with Crippen LogP contribution in [0.5, 0.6) is 0 Å². The van der Waals surface area contributed by atoms with Crippen LogP contribution in [0.3, 0.4) is 0 Å². The van der Waals surface area contributed by atoms with Crippen LogP contribution in [0.4, 0.5) is 5.69 Å². The smallest absolute Gasteiger partial charge is 0.0376 e. The molecule has 0 unspecified atom stereocenters. The van der Waals surface area contributed by atoms with E-state index in [2.05, 4.69) is 42.3 Å². The number of hydrogen-bond donors (Lipinski definition) is 1. The molecule has 0 atom stereocenters. The van der Waals surface area contributed by atoms with Crippen molar-refractivity contribution in [3.8, 4) is 0 Å². The Morgan fingerprint density at radius 2 is 2.05 bits per heavy atom. The highest BCUT2D eigenvalue weighted by Gasteiger charge is 2.28. The second-order valence-corrected chi connectivity index (χ2v) is 6.61. The van der Waals surface area contributed by atoms with Crippen LogP contribution in [0.2, 0.25) is 0 Å². The lowest BCUT2D eigenvalue weighted by molar-refractivity contribution is 0.109. The van der Waals surface area contributed by atoms with E-state index in [9.17, 15) is 0 Å². The Bertz CT molecular complexity index is 445. The monoisotopic (exact) mass is 258 g/mol. The van der Waals surface area contributed by atoms with Crippen molar-refractivity contribution in [2.24, 2.45) is 5.41 Å². The lowest BCUT2D eigenvalue weighted by atomic mass is 9.78. The van der Waals surface area contributed by atoms with Gasteiger partial charge in [-0.1, -0.05) is 32.4 Å². The minimum atomic E-state index is 0.593. The van der Waals surface area contributed by atoms with Gasteiger partial charge >= 0.3 is 0 Å². The molecule has 104 valence electrons. The molecule has 2 heterocycles. The molecule has 1 fully saturated rings. The summed E-state index contributed by atoms with van der Waals surface area (Å²) in [6, 6.07) is 6.99. The second-order valence-electron chi connectivity index (χ2n) is 6.61. The highest BCUT2D eigenvalue weighted by molar-refractivity contribution is 5.57. The first-order valence-corrected chi connectivity index (χ1v) is 7.77. The first-order valence-electron chi connectivity index (χ1n) is 7.77. The van der Waals surface area contributed by atoms with E-state index < -0.39 is 0 Å². The molecule has 1 N–H and O–H groups in total. The average molecular weight is 258 g/mol. The zero-order chi connectivity index (χ0) is 13.3. The Balaban J connectivity index is 1.61. The van der Waals surface area contributed by atoms with Crippen molar-refractivity contribution < 1.29 is 0 Å². The molecule has 2 nitrogen and oxygen atoms in total. The third-order valence-corrected chi connectivity index (χ3v) is 5.21. The molecule has 1 saturated heterocycles. The zero-order valence-corrected chi connectivity index (χ0v) is 12.3. The molecular weight excluding hydrogens is 232 g/mol. The summed E-state index contributed by atoms with van der Waals surface area (Å²) in [7, 11) is 0. The fraction of sp³-hybridized carbons (Fsp3) is 0.647. The van der Waals surface area contributed by atoms with Crippen molar-refractivity contribution in [1.29, 1.82) is 0 Å². The van der Waals surface area contributed by atoms with Gasteiger partial charge in [0.05, 0.1) is 0 Å². The number of nitrogens with zero attached hydrogens (tertiary/aromatic N) is 1. The van der Waals surface area contributed by atoms with Gasteiger partial charge in [-0.05, 0) is 55.0 Å². The minimum absolute atomic E-state index is 0.593. The highest BCUT2D eigenvalue weighted by Crippen LogP contribution is 2.34. The third kappa shape index (κ3) is 2.79. The first-order chi connectivity index (χ1) is 9.18. The van der Waals surface area contributed by atoms with Crippen LogP contribution in [0.1, 0.15) is 44.2 Å². The quantitative estimate of drug-likeness (QED) is 0.890. The van der Waals surface area contributed by atoms with Gasteiger partial charge in [-0.3, -0.25) is 4.90 Å². The van der Waals surface area contributed by atoms with Gasteiger partial charge in [-0.25, -0.2) is 0 Å². The molecule has 0 aliphatic carbocycles. The normalized spacial score (nSPS) is 22.0. The number of piperidine rings is 1. The number of anilines is 1. The lowest BCUT2D eigenvalue weighted by Crippen LogP contribution is -2.37. The van der Waals surface area contributed by atoms with Gasteiger partial charge in [0.15, 0.2) is 0 Å². The molecule has 0 amide bonds. The van der Waals surface area contributed by atoms with Crippen LogP contribution in [-0.4, -0.2) is 24.5 Å². The average Bonchev–Trinajstić information content (AvgIpc) is 2.89. The first kappa shape index (κ1) is 13.0. The van der Waals surface area contributed by atoms with Gasteiger partial charge in [0.2, 0.25) is 0 Å². The van der Waals surface area contributed by atoms with Crippen molar-refractivity contribution >= 4 is 5.69 Å². The fourth-order valence-electron chi connectivity index (χ4n) is 3.30. The van der Waals surface area contributed by atoms with E-state index in [1.165, 1.54) is 55.6 Å². The van der Waals surface area contributed by atoms with Gasteiger partial charge in [0, 0.05) is 18.8 Å². The Hall–Kier alpha value is -1.02. The van der Waals surface area contributed by atoms with Crippen molar-refractivity contribution in [2.75, 3.05) is 25.0 Å². The number of benzene rings is 1. The van der Waals surface area contributed by atoms with Gasteiger partial charge in [0.25, 0.3) is 0 Å². The summed E-state index contributed by atoms with van der Waals surface area (Å²) in [6.45, 7) is 9.53. The van der Waals surface area contributed by atoms with E-state index in [-0.39, 0.29) is 0 Å². The predicted octanol–water partition coefficient (Wildman–Crippen LogP) is 3.67. The van der Waals surface area contributed by atoms with Crippen LogP contribution in [0.15, 0.2) is 18.2 Å². The molecule has 0 saturated carbocycles. The molecule has 1 aromatic rings. The maximum Gasteiger partial charge on any atom is 0.0376 e. The van der Waals surface area contributed by atoms with Crippen LogP contribution in [-0.2, 0) is 13.0 Å². The molecule has 0 radical (unpaired) electrons. The number of likely N-dealkylation sites (tertiary alicyclic amines) is 1. The number of nitrogens with one attached hydrogen (secondary N) is 1. The van der Waals surface area contributed by atoms with E-state index in [4.69, 9.17) is 0 Å². The SMILES string of the molecule is CCC1(C)CCN(Cc2ccc3c(c2)NCC3)CC1. The van der Waals surface area contributed by atoms with Gasteiger partial charge in [-0.15, -0.1) is 0 Å². The van der Waals surface area contributed by atoms with E-state index in [0.717, 1.165) is 13.1 Å². The van der Waals surface area contributed by atoms with Crippen molar-refractivity contribution in [3.63, 3.8) is 0 Å². The summed E-state index contributed by atoms with van der Waals surface area (Å²) < 4.78 is 0. The summed E-state index contributed by atoms with van der Waals surface area (Å²) in [4.78, 5) is 2.62. The van der Waals surface area contributed by atoms with Gasteiger partial charge in [0.1, 0.15) is 0 Å². The van der Waals surface area contributed by atoms with E-state index >= 15 is 0 Å². The van der Waals surface area contributed by atoms with Crippen LogP contribution in [0.25, 0.3) is 0 Å². The topological polar surface area (TPSA) is 15.3 Å². The van der Waals surface area contributed by atoms with E-state index in [1.807, 2.05) is 0 Å².